The third kappa shape index (κ3) is 5.21. The summed E-state index contributed by atoms with van der Waals surface area (Å²) in [7, 11) is 0. The fourth-order valence-corrected chi connectivity index (χ4v) is 4.41. The molecule has 4 nitrogen and oxygen atoms in total. The van der Waals surface area contributed by atoms with Crippen LogP contribution in [0.15, 0.2) is 72.8 Å². The number of halogens is 3. The third-order valence-corrected chi connectivity index (χ3v) is 6.10. The van der Waals surface area contributed by atoms with Crippen molar-refractivity contribution in [3.05, 3.63) is 102 Å². The van der Waals surface area contributed by atoms with Crippen LogP contribution in [0, 0.1) is 17.5 Å². The lowest BCUT2D eigenvalue weighted by molar-refractivity contribution is 0.120. The van der Waals surface area contributed by atoms with E-state index in [0.717, 1.165) is 44.1 Å². The molecule has 1 N–H and O–H groups in total. The van der Waals surface area contributed by atoms with Crippen LogP contribution in [0.2, 0.25) is 0 Å². The zero-order valence-corrected chi connectivity index (χ0v) is 18.6. The molecule has 34 heavy (non-hydrogen) atoms. The highest BCUT2D eigenvalue weighted by molar-refractivity contribution is 5.78. The van der Waals surface area contributed by atoms with Crippen LogP contribution in [0.4, 0.5) is 13.2 Å². The lowest BCUT2D eigenvalue weighted by Gasteiger charge is -2.34. The van der Waals surface area contributed by atoms with Gasteiger partial charge < -0.3 is 4.98 Å². The number of nitrogens with zero attached hydrogens (tertiary/aromatic N) is 3. The van der Waals surface area contributed by atoms with Crippen molar-refractivity contribution in [1.29, 1.82) is 0 Å². The summed E-state index contributed by atoms with van der Waals surface area (Å²) >= 11 is 0. The zero-order chi connectivity index (χ0) is 23.5. The molecule has 1 fully saturated rings. The minimum Gasteiger partial charge on any atom is -0.340 e. The van der Waals surface area contributed by atoms with Crippen LogP contribution in [-0.2, 0) is 13.1 Å². The van der Waals surface area contributed by atoms with E-state index in [1.54, 1.807) is 30.3 Å². The number of benzene rings is 3. The molecule has 1 saturated heterocycles. The van der Waals surface area contributed by atoms with Crippen LogP contribution >= 0.6 is 0 Å². The van der Waals surface area contributed by atoms with Crippen molar-refractivity contribution in [3.63, 3.8) is 0 Å². The highest BCUT2D eigenvalue weighted by Crippen LogP contribution is 2.31. The molecule has 7 heteroatoms. The monoisotopic (exact) mass is 462 g/mol. The minimum absolute atomic E-state index is 0.211. The summed E-state index contributed by atoms with van der Waals surface area (Å²) in [5.74, 6) is -0.149. The first-order chi connectivity index (χ1) is 16.5. The number of nitrogens with one attached hydrogen (secondary N) is 1. The zero-order valence-electron chi connectivity index (χ0n) is 18.6. The Bertz CT molecular complexity index is 1220. The quantitative estimate of drug-likeness (QED) is 0.412. The van der Waals surface area contributed by atoms with Crippen LogP contribution in [0.25, 0.3) is 22.5 Å². The molecular formula is C27H25F3N4. The molecule has 4 aromatic rings. The molecule has 0 aliphatic carbocycles. The van der Waals surface area contributed by atoms with Gasteiger partial charge in [0.05, 0.1) is 17.9 Å². The Hall–Kier alpha value is -3.42. The number of imidazole rings is 1. The van der Waals surface area contributed by atoms with Crippen molar-refractivity contribution in [2.24, 2.45) is 0 Å². The summed E-state index contributed by atoms with van der Waals surface area (Å²) < 4.78 is 41.3. The first-order valence-corrected chi connectivity index (χ1v) is 11.3. The summed E-state index contributed by atoms with van der Waals surface area (Å²) in [6.45, 7) is 4.75. The van der Waals surface area contributed by atoms with Crippen molar-refractivity contribution >= 4 is 0 Å². The average molecular weight is 463 g/mol. The largest absolute Gasteiger partial charge is 0.340 e. The van der Waals surface area contributed by atoms with Crippen molar-refractivity contribution in [2.45, 2.75) is 13.1 Å². The van der Waals surface area contributed by atoms with Gasteiger partial charge in [0, 0.05) is 43.9 Å². The predicted octanol–water partition coefficient (Wildman–Crippen LogP) is 5.48. The second-order valence-corrected chi connectivity index (χ2v) is 8.61. The van der Waals surface area contributed by atoms with E-state index in [2.05, 4.69) is 14.8 Å². The summed E-state index contributed by atoms with van der Waals surface area (Å²) in [6, 6.07) is 19.3. The number of hydrogen-bond acceptors (Lipinski definition) is 3. The van der Waals surface area contributed by atoms with Crippen LogP contribution in [0.1, 0.15) is 11.4 Å². The second kappa shape index (κ2) is 9.83. The Morgan fingerprint density at radius 1 is 0.676 bits per heavy atom. The first kappa shape index (κ1) is 22.4. The van der Waals surface area contributed by atoms with Gasteiger partial charge in [0.1, 0.15) is 23.3 Å². The SMILES string of the molecule is Fc1cccc(CN2CCN(Cc3nc(-c4cccc(F)c4)c(-c4cccc(F)c4)[nH]3)CC2)c1. The highest BCUT2D eigenvalue weighted by Gasteiger charge is 2.21. The number of aromatic nitrogens is 2. The maximum absolute atomic E-state index is 13.9. The minimum atomic E-state index is -0.346. The number of aromatic amines is 1. The van der Waals surface area contributed by atoms with E-state index in [0.29, 0.717) is 29.1 Å². The van der Waals surface area contributed by atoms with Crippen molar-refractivity contribution in [3.8, 4) is 22.5 Å². The molecule has 1 aliphatic rings. The molecule has 0 unspecified atom stereocenters. The topological polar surface area (TPSA) is 35.2 Å². The van der Waals surface area contributed by atoms with E-state index < -0.39 is 0 Å². The molecular weight excluding hydrogens is 437 g/mol. The molecule has 0 spiro atoms. The molecule has 5 rings (SSSR count). The average Bonchev–Trinajstić information content (AvgIpc) is 3.24. The standard InChI is InChI=1S/C27H25F3N4/c28-22-7-1-4-19(14-22)17-33-10-12-34(13-11-33)18-25-31-26(20-5-2-8-23(29)15-20)27(32-25)21-6-3-9-24(30)16-21/h1-9,14-16H,10-13,17-18H2,(H,31,32). The molecule has 0 saturated carbocycles. The fraction of sp³-hybridized carbons (Fsp3) is 0.222. The highest BCUT2D eigenvalue weighted by atomic mass is 19.1. The Balaban J connectivity index is 1.32. The molecule has 0 bridgehead atoms. The van der Waals surface area contributed by atoms with E-state index >= 15 is 0 Å². The van der Waals surface area contributed by atoms with E-state index in [-0.39, 0.29) is 17.5 Å². The van der Waals surface area contributed by atoms with E-state index in [4.69, 9.17) is 4.98 Å². The second-order valence-electron chi connectivity index (χ2n) is 8.61. The number of H-pyrrole nitrogens is 1. The molecule has 0 atom stereocenters. The molecule has 1 aliphatic heterocycles. The molecule has 2 heterocycles. The number of rotatable bonds is 6. The van der Waals surface area contributed by atoms with Crippen molar-refractivity contribution in [2.75, 3.05) is 26.2 Å². The lowest BCUT2D eigenvalue weighted by Crippen LogP contribution is -2.45. The maximum atomic E-state index is 13.9. The van der Waals surface area contributed by atoms with Gasteiger partial charge in [-0.25, -0.2) is 18.2 Å². The fourth-order valence-electron chi connectivity index (χ4n) is 4.41. The van der Waals surface area contributed by atoms with Gasteiger partial charge in [-0.05, 0) is 42.0 Å². The molecule has 3 aromatic carbocycles. The van der Waals surface area contributed by atoms with E-state index in [9.17, 15) is 13.2 Å². The van der Waals surface area contributed by atoms with Gasteiger partial charge in [-0.1, -0.05) is 36.4 Å². The summed E-state index contributed by atoms with van der Waals surface area (Å²) in [6.07, 6.45) is 0. The summed E-state index contributed by atoms with van der Waals surface area (Å²) in [5.41, 5.74) is 3.55. The van der Waals surface area contributed by atoms with Gasteiger partial charge in [-0.2, -0.15) is 0 Å². The third-order valence-electron chi connectivity index (χ3n) is 6.10. The van der Waals surface area contributed by atoms with Crippen LogP contribution in [0.3, 0.4) is 0 Å². The van der Waals surface area contributed by atoms with Gasteiger partial charge in [0.2, 0.25) is 0 Å². The number of piperazine rings is 1. The van der Waals surface area contributed by atoms with Gasteiger partial charge in [-0.15, -0.1) is 0 Å². The van der Waals surface area contributed by atoms with Gasteiger partial charge in [0.15, 0.2) is 0 Å². The van der Waals surface area contributed by atoms with Crippen LogP contribution in [-0.4, -0.2) is 45.9 Å². The Kier molecular flexibility index (Phi) is 6.47. The van der Waals surface area contributed by atoms with E-state index in [1.807, 2.05) is 12.1 Å². The Labute approximate surface area is 196 Å². The first-order valence-electron chi connectivity index (χ1n) is 11.3. The van der Waals surface area contributed by atoms with Crippen molar-refractivity contribution < 1.29 is 13.2 Å². The Morgan fingerprint density at radius 3 is 1.88 bits per heavy atom. The van der Waals surface area contributed by atoms with Crippen LogP contribution < -0.4 is 0 Å². The predicted molar refractivity (Wildman–Crippen MR) is 126 cm³/mol. The molecule has 0 radical (unpaired) electrons. The van der Waals surface area contributed by atoms with Gasteiger partial charge in [0.25, 0.3) is 0 Å². The smallest absolute Gasteiger partial charge is 0.123 e. The molecule has 1 aromatic heterocycles. The van der Waals surface area contributed by atoms with Gasteiger partial charge >= 0.3 is 0 Å². The normalized spacial score (nSPS) is 15.0. The summed E-state index contributed by atoms with van der Waals surface area (Å²) in [5, 5.41) is 0. The van der Waals surface area contributed by atoms with Crippen molar-refractivity contribution in [1.82, 2.24) is 19.8 Å². The van der Waals surface area contributed by atoms with Crippen LogP contribution in [0.5, 0.6) is 0 Å². The van der Waals surface area contributed by atoms with E-state index in [1.165, 1.54) is 30.3 Å². The van der Waals surface area contributed by atoms with Gasteiger partial charge in [-0.3, -0.25) is 9.80 Å². The maximum Gasteiger partial charge on any atom is 0.123 e. The lowest BCUT2D eigenvalue weighted by atomic mass is 10.0. The number of hydrogen-bond donors (Lipinski definition) is 1. The molecule has 174 valence electrons. The summed E-state index contributed by atoms with van der Waals surface area (Å²) in [4.78, 5) is 12.7. The molecule has 0 amide bonds. The Morgan fingerprint density at radius 2 is 1.24 bits per heavy atom.